The second-order valence-electron chi connectivity index (χ2n) is 8.31. The maximum atomic E-state index is 13.5. The van der Waals surface area contributed by atoms with Crippen molar-refractivity contribution in [2.24, 2.45) is 0 Å². The standard InChI is InChI=1S/C22H22F3N7O3/c1-34-20-16(22(23,24)25)6-14(7-27-20)31-5-3-17-15(10-31)19(29-11-28-17)30-13-2-4-32(9-13)21(33)18-8-26-12-35-18/h6-8,11-13H,2-5,9-10H2,1H3,(H,28,29,30). The van der Waals surface area contributed by atoms with Crippen LogP contribution in [0.2, 0.25) is 0 Å². The van der Waals surface area contributed by atoms with Crippen LogP contribution in [0.15, 0.2) is 35.6 Å². The number of alkyl halides is 3. The number of carbonyl (C=O) groups excluding carboxylic acids is 1. The van der Waals surface area contributed by atoms with Gasteiger partial charge in [0, 0.05) is 44.2 Å². The number of nitrogens with zero attached hydrogens (tertiary/aromatic N) is 6. The molecule has 0 radical (unpaired) electrons. The molecule has 10 nitrogen and oxygen atoms in total. The molecule has 0 bridgehead atoms. The van der Waals surface area contributed by atoms with Crippen LogP contribution in [-0.4, -0.2) is 63.5 Å². The van der Waals surface area contributed by atoms with E-state index in [0.29, 0.717) is 50.5 Å². The van der Waals surface area contributed by atoms with Crippen molar-refractivity contribution in [1.29, 1.82) is 0 Å². The Bertz CT molecular complexity index is 1220. The lowest BCUT2D eigenvalue weighted by atomic mass is 10.0. The number of amides is 1. The number of pyridine rings is 1. The monoisotopic (exact) mass is 489 g/mol. The van der Waals surface area contributed by atoms with Gasteiger partial charge in [-0.1, -0.05) is 0 Å². The van der Waals surface area contributed by atoms with Gasteiger partial charge in [-0.25, -0.2) is 19.9 Å². The van der Waals surface area contributed by atoms with Crippen LogP contribution in [0.3, 0.4) is 0 Å². The highest BCUT2D eigenvalue weighted by Gasteiger charge is 2.36. The van der Waals surface area contributed by atoms with Gasteiger partial charge in [-0.3, -0.25) is 4.79 Å². The summed E-state index contributed by atoms with van der Waals surface area (Å²) in [5, 5.41) is 3.39. The molecule has 184 valence electrons. The number of fused-ring (bicyclic) bond motifs is 1. The molecule has 0 aliphatic carbocycles. The van der Waals surface area contributed by atoms with E-state index in [0.717, 1.165) is 24.4 Å². The van der Waals surface area contributed by atoms with Crippen molar-refractivity contribution in [2.75, 3.05) is 37.0 Å². The van der Waals surface area contributed by atoms with Crippen molar-refractivity contribution in [3.63, 3.8) is 0 Å². The molecule has 1 saturated heterocycles. The summed E-state index contributed by atoms with van der Waals surface area (Å²) in [6.07, 6.45) is 2.11. The van der Waals surface area contributed by atoms with Crippen LogP contribution in [0.4, 0.5) is 24.7 Å². The normalized spacial score (nSPS) is 17.9. The Morgan fingerprint density at radius 3 is 2.83 bits per heavy atom. The maximum absolute atomic E-state index is 13.5. The fourth-order valence-corrected chi connectivity index (χ4v) is 4.40. The Labute approximate surface area is 198 Å². The lowest BCUT2D eigenvalue weighted by Gasteiger charge is -2.31. The number of aromatic nitrogens is 4. The molecule has 3 aromatic rings. The third-order valence-electron chi connectivity index (χ3n) is 6.16. The summed E-state index contributed by atoms with van der Waals surface area (Å²) in [5.74, 6) is 0.105. The van der Waals surface area contributed by atoms with Crippen LogP contribution in [0, 0.1) is 0 Å². The average molecular weight is 489 g/mol. The highest BCUT2D eigenvalue weighted by Crippen LogP contribution is 2.38. The van der Waals surface area contributed by atoms with Gasteiger partial charge in [0.05, 0.1) is 30.9 Å². The minimum Gasteiger partial charge on any atom is -0.481 e. The molecule has 5 heterocycles. The van der Waals surface area contributed by atoms with Gasteiger partial charge in [-0.15, -0.1) is 0 Å². The second-order valence-corrected chi connectivity index (χ2v) is 8.31. The van der Waals surface area contributed by atoms with Crippen molar-refractivity contribution in [3.8, 4) is 5.88 Å². The first kappa shape index (κ1) is 22.9. The first-order chi connectivity index (χ1) is 16.8. The Morgan fingerprint density at radius 2 is 2.09 bits per heavy atom. The molecule has 5 rings (SSSR count). The summed E-state index contributed by atoms with van der Waals surface area (Å²) in [5.41, 5.74) is 1.06. The summed E-state index contributed by atoms with van der Waals surface area (Å²) < 4.78 is 50.4. The van der Waals surface area contributed by atoms with E-state index in [1.165, 1.54) is 25.1 Å². The van der Waals surface area contributed by atoms with Crippen LogP contribution < -0.4 is 15.0 Å². The van der Waals surface area contributed by atoms with E-state index in [9.17, 15) is 18.0 Å². The van der Waals surface area contributed by atoms with Crippen LogP contribution >= 0.6 is 0 Å². The molecule has 1 fully saturated rings. The highest BCUT2D eigenvalue weighted by molar-refractivity contribution is 5.91. The number of carbonyl (C=O) groups is 1. The number of hydrogen-bond acceptors (Lipinski definition) is 9. The highest BCUT2D eigenvalue weighted by atomic mass is 19.4. The minimum absolute atomic E-state index is 0.0456. The molecular weight excluding hydrogens is 467 g/mol. The molecule has 13 heteroatoms. The number of methoxy groups -OCH3 is 1. The van der Waals surface area contributed by atoms with E-state index in [1.54, 1.807) is 4.90 Å². The quantitative estimate of drug-likeness (QED) is 0.579. The lowest BCUT2D eigenvalue weighted by Crippen LogP contribution is -2.34. The van der Waals surface area contributed by atoms with E-state index < -0.39 is 17.6 Å². The number of anilines is 2. The maximum Gasteiger partial charge on any atom is 0.421 e. The van der Waals surface area contributed by atoms with Crippen LogP contribution in [0.5, 0.6) is 5.88 Å². The van der Waals surface area contributed by atoms with E-state index in [4.69, 9.17) is 9.15 Å². The summed E-state index contributed by atoms with van der Waals surface area (Å²) in [4.78, 5) is 32.4. The zero-order valence-electron chi connectivity index (χ0n) is 18.7. The number of likely N-dealkylation sites (tertiary alicyclic amines) is 1. The van der Waals surface area contributed by atoms with Crippen molar-refractivity contribution in [2.45, 2.75) is 31.6 Å². The summed E-state index contributed by atoms with van der Waals surface area (Å²) >= 11 is 0. The van der Waals surface area contributed by atoms with Crippen molar-refractivity contribution in [1.82, 2.24) is 24.8 Å². The molecule has 1 amide bonds. The Kier molecular flexibility index (Phi) is 5.91. The first-order valence-electron chi connectivity index (χ1n) is 11.0. The number of hydrogen-bond donors (Lipinski definition) is 1. The molecule has 35 heavy (non-hydrogen) atoms. The summed E-state index contributed by atoms with van der Waals surface area (Å²) in [7, 11) is 1.16. The predicted molar refractivity (Wildman–Crippen MR) is 117 cm³/mol. The molecular formula is C22H22F3N7O3. The van der Waals surface area contributed by atoms with Gasteiger partial charge in [0.15, 0.2) is 6.39 Å². The first-order valence-corrected chi connectivity index (χ1v) is 11.0. The van der Waals surface area contributed by atoms with Crippen LogP contribution in [-0.2, 0) is 19.1 Å². The minimum atomic E-state index is -4.59. The third kappa shape index (κ3) is 4.57. The Balaban J connectivity index is 1.33. The second kappa shape index (κ2) is 9.04. The van der Waals surface area contributed by atoms with Gasteiger partial charge in [-0.2, -0.15) is 13.2 Å². The van der Waals surface area contributed by atoms with Gasteiger partial charge in [0.1, 0.15) is 17.7 Å². The average Bonchev–Trinajstić information content (AvgIpc) is 3.55. The zero-order valence-corrected chi connectivity index (χ0v) is 18.7. The molecule has 1 atom stereocenters. The molecule has 3 aromatic heterocycles. The number of ether oxygens (including phenoxy) is 1. The molecule has 1 N–H and O–H groups in total. The summed E-state index contributed by atoms with van der Waals surface area (Å²) in [6, 6.07) is 1.01. The van der Waals surface area contributed by atoms with Crippen LogP contribution in [0.25, 0.3) is 0 Å². The number of halogens is 3. The molecule has 0 saturated carbocycles. The number of nitrogens with one attached hydrogen (secondary N) is 1. The van der Waals surface area contributed by atoms with Crippen LogP contribution in [0.1, 0.15) is 33.8 Å². The fourth-order valence-electron chi connectivity index (χ4n) is 4.40. The van der Waals surface area contributed by atoms with Crippen molar-refractivity contribution in [3.05, 3.63) is 53.8 Å². The van der Waals surface area contributed by atoms with Crippen molar-refractivity contribution < 1.29 is 27.1 Å². The molecule has 0 aromatic carbocycles. The van der Waals surface area contributed by atoms with Gasteiger partial charge in [0.2, 0.25) is 11.6 Å². The van der Waals surface area contributed by atoms with Gasteiger partial charge >= 0.3 is 6.18 Å². The van der Waals surface area contributed by atoms with Gasteiger partial charge in [-0.05, 0) is 12.5 Å². The van der Waals surface area contributed by atoms with E-state index >= 15 is 0 Å². The SMILES string of the molecule is COc1ncc(N2CCc3ncnc(NC4CCN(C(=O)c5cnco5)C4)c3C2)cc1C(F)(F)F. The Hall–Kier alpha value is -3.90. The van der Waals surface area contributed by atoms with Crippen molar-refractivity contribution >= 4 is 17.4 Å². The molecule has 0 spiro atoms. The summed E-state index contributed by atoms with van der Waals surface area (Å²) in [6.45, 7) is 1.81. The number of oxazole rings is 1. The predicted octanol–water partition coefficient (Wildman–Crippen LogP) is 2.78. The van der Waals surface area contributed by atoms with E-state index in [-0.39, 0.29) is 17.7 Å². The van der Waals surface area contributed by atoms with E-state index in [2.05, 4.69) is 25.3 Å². The number of rotatable bonds is 5. The fraction of sp³-hybridized carbons (Fsp3) is 0.409. The largest absolute Gasteiger partial charge is 0.481 e. The molecule has 2 aliphatic rings. The Morgan fingerprint density at radius 1 is 1.23 bits per heavy atom. The van der Waals surface area contributed by atoms with Gasteiger partial charge in [0.25, 0.3) is 5.91 Å². The zero-order chi connectivity index (χ0) is 24.6. The lowest BCUT2D eigenvalue weighted by molar-refractivity contribution is -0.139. The molecule has 1 unspecified atom stereocenters. The third-order valence-corrected chi connectivity index (χ3v) is 6.16. The molecule has 2 aliphatic heterocycles. The topological polar surface area (TPSA) is 110 Å². The van der Waals surface area contributed by atoms with Gasteiger partial charge < -0.3 is 24.3 Å². The smallest absolute Gasteiger partial charge is 0.421 e. The van der Waals surface area contributed by atoms with E-state index in [1.807, 2.05) is 4.90 Å².